The van der Waals surface area contributed by atoms with Crippen LogP contribution in [0.4, 0.5) is 10.1 Å². The number of anilines is 1. The lowest BCUT2D eigenvalue weighted by Gasteiger charge is -2.14. The third-order valence-electron chi connectivity index (χ3n) is 4.28. The van der Waals surface area contributed by atoms with Crippen LogP contribution in [0, 0.1) is 5.82 Å². The number of rotatable bonds is 5. The normalized spacial score (nSPS) is 15.2. The molecular weight excluding hydrogens is 405 g/mol. The second-order valence-electron chi connectivity index (χ2n) is 6.34. The number of carbonyl (C=O) groups is 1. The van der Waals surface area contributed by atoms with Crippen molar-refractivity contribution >= 4 is 46.0 Å². The average Bonchev–Trinajstić information content (AvgIpc) is 3.01. The number of hydrogen-bond acceptors (Lipinski definition) is 4. The van der Waals surface area contributed by atoms with E-state index in [1.54, 1.807) is 18.2 Å². The second-order valence-corrected chi connectivity index (χ2v) is 8.02. The number of nitrogens with zero attached hydrogens (tertiary/aromatic N) is 1. The summed E-state index contributed by atoms with van der Waals surface area (Å²) >= 11 is 6.58. The largest absolute Gasteiger partial charge is 0.489 e. The van der Waals surface area contributed by atoms with Gasteiger partial charge in [0, 0.05) is 0 Å². The van der Waals surface area contributed by atoms with E-state index in [-0.39, 0.29) is 11.7 Å². The predicted molar refractivity (Wildman–Crippen MR) is 119 cm³/mol. The van der Waals surface area contributed by atoms with Crippen molar-refractivity contribution in [1.82, 2.24) is 0 Å². The minimum atomic E-state index is -0.359. The summed E-state index contributed by atoms with van der Waals surface area (Å²) in [6.45, 7) is 0.469. The summed E-state index contributed by atoms with van der Waals surface area (Å²) < 4.78 is 19.5. The molecule has 4 rings (SSSR count). The summed E-state index contributed by atoms with van der Waals surface area (Å²) in [5.41, 5.74) is 2.48. The van der Waals surface area contributed by atoms with Gasteiger partial charge in [-0.2, -0.15) is 0 Å². The Bertz CT molecular complexity index is 1080. The molecule has 6 heteroatoms. The first-order valence-electron chi connectivity index (χ1n) is 8.90. The number of carbonyl (C=O) groups excluding carboxylic acids is 1. The van der Waals surface area contributed by atoms with Crippen molar-refractivity contribution in [3.8, 4) is 5.75 Å². The molecule has 0 unspecified atom stereocenters. The Balaban J connectivity index is 1.51. The van der Waals surface area contributed by atoms with E-state index in [0.717, 1.165) is 16.9 Å². The highest BCUT2D eigenvalue weighted by Crippen LogP contribution is 2.36. The molecule has 1 aliphatic rings. The molecule has 0 N–H and O–H groups in total. The molecule has 0 spiro atoms. The maximum Gasteiger partial charge on any atom is 0.270 e. The van der Waals surface area contributed by atoms with Crippen molar-refractivity contribution in [2.75, 3.05) is 4.90 Å². The Labute approximate surface area is 177 Å². The first kappa shape index (κ1) is 19.4. The van der Waals surface area contributed by atoms with Gasteiger partial charge in [-0.3, -0.25) is 9.69 Å². The minimum absolute atomic E-state index is 0.220. The van der Waals surface area contributed by atoms with Crippen LogP contribution in [0.2, 0.25) is 0 Å². The summed E-state index contributed by atoms with van der Waals surface area (Å²) in [4.78, 5) is 14.8. The van der Waals surface area contributed by atoms with Gasteiger partial charge in [-0.05, 0) is 53.6 Å². The van der Waals surface area contributed by atoms with Gasteiger partial charge >= 0.3 is 0 Å². The van der Waals surface area contributed by atoms with Crippen LogP contribution in [0.5, 0.6) is 5.75 Å². The lowest BCUT2D eigenvalue weighted by molar-refractivity contribution is -0.113. The number of thiocarbonyl (C=S) groups is 1. The van der Waals surface area contributed by atoms with Crippen molar-refractivity contribution in [3.05, 3.63) is 101 Å². The van der Waals surface area contributed by atoms with Crippen LogP contribution in [-0.2, 0) is 11.4 Å². The van der Waals surface area contributed by atoms with Gasteiger partial charge in [0.25, 0.3) is 5.91 Å². The van der Waals surface area contributed by atoms with E-state index in [1.165, 1.54) is 28.8 Å². The SMILES string of the molecule is O=C1/C(=C/c2cccc(OCc3ccccc3)c2)SC(=S)N1c1ccc(F)cc1. The molecule has 0 saturated carbocycles. The Kier molecular flexibility index (Phi) is 5.74. The van der Waals surface area contributed by atoms with Crippen molar-refractivity contribution in [1.29, 1.82) is 0 Å². The third-order valence-corrected chi connectivity index (χ3v) is 5.58. The third kappa shape index (κ3) is 4.55. The quantitative estimate of drug-likeness (QED) is 0.384. The first-order chi connectivity index (χ1) is 14.1. The molecule has 1 amide bonds. The number of benzene rings is 3. The lowest BCUT2D eigenvalue weighted by atomic mass is 10.2. The Morgan fingerprint density at radius 2 is 1.76 bits per heavy atom. The fourth-order valence-corrected chi connectivity index (χ4v) is 4.17. The number of amides is 1. The van der Waals surface area contributed by atoms with Gasteiger partial charge in [-0.1, -0.05) is 66.4 Å². The monoisotopic (exact) mass is 421 g/mol. The van der Waals surface area contributed by atoms with Crippen LogP contribution in [0.15, 0.2) is 83.8 Å². The Hall–Kier alpha value is -2.96. The summed E-state index contributed by atoms with van der Waals surface area (Å²) in [5.74, 6) is 0.140. The molecule has 0 aliphatic carbocycles. The molecule has 3 aromatic carbocycles. The zero-order chi connectivity index (χ0) is 20.2. The van der Waals surface area contributed by atoms with E-state index in [9.17, 15) is 9.18 Å². The van der Waals surface area contributed by atoms with E-state index >= 15 is 0 Å². The molecule has 0 atom stereocenters. The predicted octanol–water partition coefficient (Wildman–Crippen LogP) is 5.81. The molecule has 0 bridgehead atoms. The molecule has 1 fully saturated rings. The van der Waals surface area contributed by atoms with E-state index in [1.807, 2.05) is 54.6 Å². The number of halogens is 1. The molecule has 1 heterocycles. The van der Waals surface area contributed by atoms with Gasteiger partial charge in [0.2, 0.25) is 0 Å². The zero-order valence-electron chi connectivity index (χ0n) is 15.2. The molecule has 0 aromatic heterocycles. The smallest absolute Gasteiger partial charge is 0.270 e. The Morgan fingerprint density at radius 1 is 1.00 bits per heavy atom. The zero-order valence-corrected chi connectivity index (χ0v) is 16.9. The van der Waals surface area contributed by atoms with Crippen molar-refractivity contribution in [2.45, 2.75) is 6.61 Å². The van der Waals surface area contributed by atoms with Crippen molar-refractivity contribution in [2.24, 2.45) is 0 Å². The Morgan fingerprint density at radius 3 is 2.52 bits per heavy atom. The minimum Gasteiger partial charge on any atom is -0.489 e. The van der Waals surface area contributed by atoms with Gasteiger partial charge in [-0.15, -0.1) is 0 Å². The van der Waals surface area contributed by atoms with Gasteiger partial charge in [0.15, 0.2) is 4.32 Å². The molecule has 0 radical (unpaired) electrons. The van der Waals surface area contributed by atoms with Crippen LogP contribution >= 0.6 is 24.0 Å². The van der Waals surface area contributed by atoms with Crippen LogP contribution in [-0.4, -0.2) is 10.2 Å². The molecule has 3 nitrogen and oxygen atoms in total. The summed E-state index contributed by atoms with van der Waals surface area (Å²) in [6, 6.07) is 23.2. The number of hydrogen-bond donors (Lipinski definition) is 0. The van der Waals surface area contributed by atoms with Gasteiger partial charge in [-0.25, -0.2) is 4.39 Å². The van der Waals surface area contributed by atoms with E-state index in [0.29, 0.717) is 21.5 Å². The maximum absolute atomic E-state index is 13.2. The fourth-order valence-electron chi connectivity index (χ4n) is 2.87. The summed E-state index contributed by atoms with van der Waals surface area (Å²) in [5, 5.41) is 0. The topological polar surface area (TPSA) is 29.5 Å². The first-order valence-corrected chi connectivity index (χ1v) is 10.1. The number of ether oxygens (including phenoxy) is 1. The van der Waals surface area contributed by atoms with E-state index < -0.39 is 0 Å². The van der Waals surface area contributed by atoms with E-state index in [2.05, 4.69) is 0 Å². The highest BCUT2D eigenvalue weighted by molar-refractivity contribution is 8.27. The molecule has 3 aromatic rings. The van der Waals surface area contributed by atoms with Gasteiger partial charge in [0.1, 0.15) is 18.2 Å². The number of thioether (sulfide) groups is 1. The molecule has 1 aliphatic heterocycles. The van der Waals surface area contributed by atoms with Crippen molar-refractivity contribution < 1.29 is 13.9 Å². The van der Waals surface area contributed by atoms with Crippen molar-refractivity contribution in [3.63, 3.8) is 0 Å². The molecule has 29 heavy (non-hydrogen) atoms. The summed E-state index contributed by atoms with van der Waals surface area (Å²) in [6.07, 6.45) is 1.79. The maximum atomic E-state index is 13.2. The van der Waals surface area contributed by atoms with Crippen LogP contribution < -0.4 is 9.64 Å². The van der Waals surface area contributed by atoms with Gasteiger partial charge < -0.3 is 4.74 Å². The molecular formula is C23H16FNO2S2. The van der Waals surface area contributed by atoms with Crippen LogP contribution in [0.1, 0.15) is 11.1 Å². The van der Waals surface area contributed by atoms with Crippen LogP contribution in [0.25, 0.3) is 6.08 Å². The molecule has 144 valence electrons. The summed E-state index contributed by atoms with van der Waals surface area (Å²) in [7, 11) is 0. The second kappa shape index (κ2) is 8.59. The highest BCUT2D eigenvalue weighted by atomic mass is 32.2. The fraction of sp³-hybridized carbons (Fsp3) is 0.0435. The molecule has 1 saturated heterocycles. The average molecular weight is 422 g/mol. The lowest BCUT2D eigenvalue weighted by Crippen LogP contribution is -2.27. The standard InChI is InChI=1S/C23H16FNO2S2/c24-18-9-11-19(12-10-18)25-22(26)21(29-23(25)28)14-17-7-4-8-20(13-17)27-15-16-5-2-1-3-6-16/h1-14H,15H2/b21-14-. The van der Waals surface area contributed by atoms with Crippen LogP contribution in [0.3, 0.4) is 0 Å². The highest BCUT2D eigenvalue weighted by Gasteiger charge is 2.33. The van der Waals surface area contributed by atoms with Gasteiger partial charge in [0.05, 0.1) is 10.6 Å². The van der Waals surface area contributed by atoms with E-state index in [4.69, 9.17) is 17.0 Å².